The summed E-state index contributed by atoms with van der Waals surface area (Å²) in [6.07, 6.45) is 54.2. The maximum atomic E-state index is 12.7. The van der Waals surface area contributed by atoms with Crippen LogP contribution in [0.5, 0.6) is 0 Å². The summed E-state index contributed by atoms with van der Waals surface area (Å²) in [5.74, 6) is -1.17. The normalized spacial score (nSPS) is 15.3. The van der Waals surface area contributed by atoms with Gasteiger partial charge in [-0.15, -0.1) is 0 Å². The Balaban J connectivity index is 4.72. The molecule has 0 aliphatic heterocycles. The molecule has 0 rings (SSSR count). The summed E-state index contributed by atoms with van der Waals surface area (Å²) >= 11 is 0. The molecule has 2 N–H and O–H groups in total. The zero-order chi connectivity index (χ0) is 45.1. The van der Waals surface area contributed by atoms with Gasteiger partial charge in [0.15, 0.2) is 6.10 Å². The Bertz CT molecular complexity index is 1510. The predicted molar refractivity (Wildman–Crippen MR) is 253 cm³/mol. The van der Waals surface area contributed by atoms with Crippen molar-refractivity contribution in [3.63, 3.8) is 0 Å². The quantitative estimate of drug-likeness (QED) is 0.0157. The summed E-state index contributed by atoms with van der Waals surface area (Å²) in [6.45, 7) is 3.80. The van der Waals surface area contributed by atoms with E-state index in [0.29, 0.717) is 23.9 Å². The number of phosphoric acid groups is 1. The fraction of sp³-hybridized carbons (Fsp3) is 0.520. The van der Waals surface area contributed by atoms with Gasteiger partial charge in [-0.3, -0.25) is 18.6 Å². The van der Waals surface area contributed by atoms with Gasteiger partial charge in [0.05, 0.1) is 33.9 Å². The first kappa shape index (κ1) is 57.1. The minimum Gasteiger partial charge on any atom is -0.462 e. The standard InChI is InChI=1S/C50H78NO9P/c1-6-8-10-12-14-16-18-20-22-24-26-28-30-32-34-36-38-40-50(54)60-48(46-59-61(55,56)58-44-43-51(3,4)5)45-57-49(53)42-41-47(52)39-37-35-33-31-29-27-25-23-21-19-17-15-13-11-9-7-2/h8-11,14-17,20-23,26-29,32-35,37,39,47-48,52H,6-7,12-13,18-19,24-25,30-31,36,38,40-46H2,1-5H3/p+1/b10-8-,11-9-,16-14-,17-15-,22-20-,23-21-,28-26-,29-27-,34-32-,35-33-,39-37-/t47?,48-/m1/s1. The number of rotatable bonds is 37. The molecule has 61 heavy (non-hydrogen) atoms. The second-order valence-corrected chi connectivity index (χ2v) is 16.6. The topological polar surface area (TPSA) is 129 Å². The van der Waals surface area contributed by atoms with Crippen LogP contribution in [0, 0.1) is 0 Å². The maximum Gasteiger partial charge on any atom is 0.472 e. The summed E-state index contributed by atoms with van der Waals surface area (Å²) in [5.41, 5.74) is 0. The number of likely N-dealkylation sites (N-methyl/N-ethyl adjacent to an activating group) is 1. The lowest BCUT2D eigenvalue weighted by molar-refractivity contribution is -0.870. The lowest BCUT2D eigenvalue weighted by Gasteiger charge is -2.24. The van der Waals surface area contributed by atoms with Crippen molar-refractivity contribution in [2.75, 3.05) is 47.5 Å². The van der Waals surface area contributed by atoms with Crippen LogP contribution in [0.25, 0.3) is 0 Å². The van der Waals surface area contributed by atoms with Gasteiger partial charge in [-0.25, -0.2) is 4.57 Å². The van der Waals surface area contributed by atoms with E-state index in [1.165, 1.54) is 0 Å². The monoisotopic (exact) mass is 869 g/mol. The maximum absolute atomic E-state index is 12.7. The number of allylic oxidation sites excluding steroid dienone is 21. The molecule has 0 aromatic rings. The third-order valence-electron chi connectivity index (χ3n) is 8.29. The van der Waals surface area contributed by atoms with Gasteiger partial charge in [0.25, 0.3) is 0 Å². The Morgan fingerprint density at radius 2 is 1.05 bits per heavy atom. The first-order valence-corrected chi connectivity index (χ1v) is 23.5. The number of quaternary nitrogens is 1. The number of unbranched alkanes of at least 4 members (excludes halogenated alkanes) is 1. The Hall–Kier alpha value is -3.89. The lowest BCUT2D eigenvalue weighted by atomic mass is 10.2. The van der Waals surface area contributed by atoms with Crippen LogP contribution in [0.2, 0.25) is 0 Å². The summed E-state index contributed by atoms with van der Waals surface area (Å²) in [6, 6.07) is 0. The van der Waals surface area contributed by atoms with Gasteiger partial charge in [-0.05, 0) is 83.5 Å². The highest BCUT2D eigenvalue weighted by molar-refractivity contribution is 7.47. The second-order valence-electron chi connectivity index (χ2n) is 15.2. The van der Waals surface area contributed by atoms with Crippen LogP contribution in [-0.2, 0) is 32.7 Å². The van der Waals surface area contributed by atoms with Crippen molar-refractivity contribution in [2.45, 2.75) is 122 Å². The van der Waals surface area contributed by atoms with Crippen molar-refractivity contribution in [3.05, 3.63) is 134 Å². The molecule has 0 aromatic carbocycles. The third-order valence-corrected chi connectivity index (χ3v) is 9.28. The minimum absolute atomic E-state index is 0.0234. The largest absolute Gasteiger partial charge is 0.472 e. The summed E-state index contributed by atoms with van der Waals surface area (Å²) in [4.78, 5) is 35.4. The number of esters is 2. The molecule has 0 aliphatic rings. The SMILES string of the molecule is CC/C=C\C/C=C\C/C=C\C/C=C\C/C=C\C=C/C(O)CCC(=O)OC[C@H](COP(=O)(O)OCC[N+](C)(C)C)OC(=O)CCC/C=C\C/C=C\C/C=C\C/C=C\C/C=C\CC. The van der Waals surface area contributed by atoms with Crippen LogP contribution in [0.1, 0.15) is 110 Å². The molecule has 0 aliphatic carbocycles. The van der Waals surface area contributed by atoms with E-state index >= 15 is 0 Å². The van der Waals surface area contributed by atoms with Crippen molar-refractivity contribution in [1.29, 1.82) is 0 Å². The average molecular weight is 869 g/mol. The van der Waals surface area contributed by atoms with Crippen molar-refractivity contribution in [3.8, 4) is 0 Å². The van der Waals surface area contributed by atoms with E-state index in [1.54, 1.807) is 12.2 Å². The highest BCUT2D eigenvalue weighted by Gasteiger charge is 2.27. The number of aliphatic hydroxyl groups is 1. The molecule has 342 valence electrons. The van der Waals surface area contributed by atoms with Crippen molar-refractivity contribution in [1.82, 2.24) is 0 Å². The van der Waals surface area contributed by atoms with E-state index in [2.05, 4.69) is 111 Å². The number of hydrogen-bond donors (Lipinski definition) is 2. The number of carbonyl (C=O) groups excluding carboxylic acids is 2. The van der Waals surface area contributed by atoms with Gasteiger partial charge in [-0.2, -0.15) is 0 Å². The van der Waals surface area contributed by atoms with Gasteiger partial charge in [0, 0.05) is 12.8 Å². The molecule has 0 heterocycles. The molecular formula is C50H79NO9P+. The minimum atomic E-state index is -4.46. The number of carbonyl (C=O) groups is 2. The molecule has 0 saturated heterocycles. The fourth-order valence-corrected chi connectivity index (χ4v) is 5.60. The van der Waals surface area contributed by atoms with Gasteiger partial charge in [0.1, 0.15) is 19.8 Å². The zero-order valence-corrected chi connectivity index (χ0v) is 38.8. The number of phosphoric ester groups is 1. The molecule has 0 amide bonds. The molecular weight excluding hydrogens is 790 g/mol. The molecule has 2 unspecified atom stereocenters. The van der Waals surface area contributed by atoms with E-state index < -0.39 is 38.6 Å². The number of ether oxygens (including phenoxy) is 2. The molecule has 11 heteroatoms. The molecule has 0 radical (unpaired) electrons. The Kier molecular flexibility index (Phi) is 37.6. The van der Waals surface area contributed by atoms with E-state index in [9.17, 15) is 24.2 Å². The highest BCUT2D eigenvalue weighted by atomic mass is 31.2. The van der Waals surface area contributed by atoms with Crippen LogP contribution in [0.3, 0.4) is 0 Å². The fourth-order valence-electron chi connectivity index (χ4n) is 4.86. The van der Waals surface area contributed by atoms with Gasteiger partial charge in [-0.1, -0.05) is 148 Å². The zero-order valence-electron chi connectivity index (χ0n) is 37.9. The average Bonchev–Trinajstić information content (AvgIpc) is 3.21. The Morgan fingerprint density at radius 1 is 0.590 bits per heavy atom. The number of nitrogens with zero attached hydrogens (tertiary/aromatic N) is 1. The molecule has 10 nitrogen and oxygen atoms in total. The van der Waals surface area contributed by atoms with Crippen LogP contribution >= 0.6 is 7.82 Å². The second kappa shape index (κ2) is 40.2. The van der Waals surface area contributed by atoms with Crippen molar-refractivity contribution >= 4 is 19.8 Å². The van der Waals surface area contributed by atoms with E-state index in [-0.39, 0.29) is 32.5 Å². The predicted octanol–water partition coefficient (Wildman–Crippen LogP) is 11.7. The Labute approximate surface area is 369 Å². The van der Waals surface area contributed by atoms with Crippen LogP contribution < -0.4 is 0 Å². The van der Waals surface area contributed by atoms with Gasteiger partial charge in [0.2, 0.25) is 0 Å². The Morgan fingerprint density at radius 3 is 1.52 bits per heavy atom. The molecule has 0 fully saturated rings. The van der Waals surface area contributed by atoms with Crippen LogP contribution in [-0.4, -0.2) is 86.1 Å². The van der Waals surface area contributed by atoms with Crippen LogP contribution in [0.15, 0.2) is 134 Å². The van der Waals surface area contributed by atoms with E-state index in [1.807, 2.05) is 45.4 Å². The van der Waals surface area contributed by atoms with Crippen molar-refractivity contribution < 1.29 is 47.2 Å². The smallest absolute Gasteiger partial charge is 0.462 e. The molecule has 0 bridgehead atoms. The van der Waals surface area contributed by atoms with E-state index in [0.717, 1.165) is 64.2 Å². The molecule has 0 spiro atoms. The van der Waals surface area contributed by atoms with Gasteiger partial charge < -0.3 is 24.0 Å². The number of aliphatic hydroxyl groups excluding tert-OH is 1. The van der Waals surface area contributed by atoms with Crippen molar-refractivity contribution in [2.24, 2.45) is 0 Å². The van der Waals surface area contributed by atoms with Gasteiger partial charge >= 0.3 is 19.8 Å². The number of hydrogen-bond acceptors (Lipinski definition) is 8. The third kappa shape index (κ3) is 44.0. The molecule has 0 aromatic heterocycles. The van der Waals surface area contributed by atoms with Crippen LogP contribution in [0.4, 0.5) is 0 Å². The molecule has 3 atom stereocenters. The first-order chi connectivity index (χ1) is 29.4. The van der Waals surface area contributed by atoms with E-state index in [4.69, 9.17) is 18.5 Å². The highest BCUT2D eigenvalue weighted by Crippen LogP contribution is 2.43. The lowest BCUT2D eigenvalue weighted by Crippen LogP contribution is -2.37. The molecule has 0 saturated carbocycles. The first-order valence-electron chi connectivity index (χ1n) is 22.0. The summed E-state index contributed by atoms with van der Waals surface area (Å²) in [5, 5.41) is 10.3. The summed E-state index contributed by atoms with van der Waals surface area (Å²) < 4.78 is 34.0. The summed E-state index contributed by atoms with van der Waals surface area (Å²) in [7, 11) is 1.29.